The van der Waals surface area contributed by atoms with Crippen LogP contribution in [0.1, 0.15) is 21.5 Å². The Morgan fingerprint density at radius 3 is 2.67 bits per heavy atom. The van der Waals surface area contributed by atoms with Gasteiger partial charge in [-0.3, -0.25) is 4.79 Å². The van der Waals surface area contributed by atoms with Gasteiger partial charge in [0.15, 0.2) is 0 Å². The van der Waals surface area contributed by atoms with E-state index in [1.165, 1.54) is 5.56 Å². The molecule has 0 radical (unpaired) electrons. The highest BCUT2D eigenvalue weighted by Crippen LogP contribution is 2.24. The molecule has 1 amide bonds. The van der Waals surface area contributed by atoms with E-state index in [0.29, 0.717) is 17.1 Å². The van der Waals surface area contributed by atoms with Crippen molar-refractivity contribution < 1.29 is 4.79 Å². The van der Waals surface area contributed by atoms with Crippen LogP contribution in [-0.2, 0) is 6.54 Å². The third-order valence-electron chi connectivity index (χ3n) is 3.17. The average molecular weight is 368 g/mol. The minimum atomic E-state index is -0.132. The van der Waals surface area contributed by atoms with Gasteiger partial charge in [0.25, 0.3) is 5.91 Å². The van der Waals surface area contributed by atoms with Crippen molar-refractivity contribution in [2.75, 3.05) is 12.4 Å². The predicted octanol–water partition coefficient (Wildman–Crippen LogP) is 4.38. The van der Waals surface area contributed by atoms with Crippen LogP contribution in [-0.4, -0.2) is 13.0 Å². The van der Waals surface area contributed by atoms with Crippen molar-refractivity contribution in [2.45, 2.75) is 13.5 Å². The Morgan fingerprint density at radius 1 is 1.24 bits per heavy atom. The Kier molecular flexibility index (Phi) is 5.26. The number of carbonyl (C=O) groups is 1. The monoisotopic (exact) mass is 366 g/mol. The first-order valence-electron chi connectivity index (χ1n) is 6.52. The van der Waals surface area contributed by atoms with Crippen LogP contribution in [0, 0.1) is 6.92 Å². The van der Waals surface area contributed by atoms with Crippen molar-refractivity contribution in [1.29, 1.82) is 0 Å². The lowest BCUT2D eigenvalue weighted by atomic mass is 10.1. The normalized spacial score (nSPS) is 10.3. The van der Waals surface area contributed by atoms with Crippen molar-refractivity contribution in [3.05, 3.63) is 62.6 Å². The van der Waals surface area contributed by atoms with E-state index in [4.69, 9.17) is 11.6 Å². The molecule has 0 unspecified atom stereocenters. The number of benzene rings is 2. The summed E-state index contributed by atoms with van der Waals surface area (Å²) in [6.45, 7) is 2.68. The van der Waals surface area contributed by atoms with Gasteiger partial charge in [-0.25, -0.2) is 0 Å². The van der Waals surface area contributed by atoms with E-state index >= 15 is 0 Å². The van der Waals surface area contributed by atoms with E-state index in [0.717, 1.165) is 15.7 Å². The summed E-state index contributed by atoms with van der Waals surface area (Å²) in [4.78, 5) is 11.6. The van der Waals surface area contributed by atoms with Crippen LogP contribution in [0.5, 0.6) is 0 Å². The smallest absolute Gasteiger partial charge is 0.251 e. The molecule has 0 spiro atoms. The summed E-state index contributed by atoms with van der Waals surface area (Å²) < 4.78 is 1.08. The van der Waals surface area contributed by atoms with Gasteiger partial charge < -0.3 is 10.6 Å². The van der Waals surface area contributed by atoms with Crippen LogP contribution in [0.2, 0.25) is 5.02 Å². The quantitative estimate of drug-likeness (QED) is 0.842. The van der Waals surface area contributed by atoms with Gasteiger partial charge in [0.1, 0.15) is 0 Å². The molecule has 2 aromatic rings. The van der Waals surface area contributed by atoms with Crippen LogP contribution in [0.3, 0.4) is 0 Å². The summed E-state index contributed by atoms with van der Waals surface area (Å²) in [5.41, 5.74) is 3.65. The van der Waals surface area contributed by atoms with Crippen LogP contribution >= 0.6 is 27.5 Å². The summed E-state index contributed by atoms with van der Waals surface area (Å²) in [7, 11) is 1.61. The SMILES string of the molecule is CNC(=O)c1ccc(Cl)c(NCc2ccc(C)c(Br)c2)c1. The third-order valence-corrected chi connectivity index (χ3v) is 4.36. The molecule has 5 heteroatoms. The van der Waals surface area contributed by atoms with Gasteiger partial charge in [-0.2, -0.15) is 0 Å². The molecule has 0 atom stereocenters. The van der Waals surface area contributed by atoms with Gasteiger partial charge in [-0.1, -0.05) is 39.7 Å². The fraction of sp³-hybridized carbons (Fsp3) is 0.188. The van der Waals surface area contributed by atoms with Gasteiger partial charge in [0, 0.05) is 23.6 Å². The van der Waals surface area contributed by atoms with Gasteiger partial charge in [0.05, 0.1) is 10.7 Å². The van der Waals surface area contributed by atoms with E-state index in [1.54, 1.807) is 25.2 Å². The number of aryl methyl sites for hydroxylation is 1. The summed E-state index contributed by atoms with van der Waals surface area (Å²) in [5.74, 6) is -0.132. The number of carbonyl (C=O) groups excluding carboxylic acids is 1. The van der Waals surface area contributed by atoms with Gasteiger partial charge in [-0.05, 0) is 42.3 Å². The maximum atomic E-state index is 11.6. The van der Waals surface area contributed by atoms with Crippen molar-refractivity contribution in [1.82, 2.24) is 5.32 Å². The van der Waals surface area contributed by atoms with Crippen LogP contribution in [0.4, 0.5) is 5.69 Å². The molecule has 0 aliphatic heterocycles. The minimum absolute atomic E-state index is 0.132. The molecule has 0 bridgehead atoms. The molecule has 21 heavy (non-hydrogen) atoms. The van der Waals surface area contributed by atoms with E-state index < -0.39 is 0 Å². The molecule has 0 aromatic heterocycles. The topological polar surface area (TPSA) is 41.1 Å². The molecule has 0 saturated carbocycles. The maximum Gasteiger partial charge on any atom is 0.251 e. The summed E-state index contributed by atoms with van der Waals surface area (Å²) in [6.07, 6.45) is 0. The maximum absolute atomic E-state index is 11.6. The second kappa shape index (κ2) is 6.96. The van der Waals surface area contributed by atoms with E-state index in [-0.39, 0.29) is 5.91 Å². The zero-order valence-corrected chi connectivity index (χ0v) is 14.2. The van der Waals surface area contributed by atoms with Gasteiger partial charge in [0.2, 0.25) is 0 Å². The first-order chi connectivity index (χ1) is 10.0. The number of anilines is 1. The summed E-state index contributed by atoms with van der Waals surface area (Å²) in [5, 5.41) is 6.45. The second-order valence-electron chi connectivity index (χ2n) is 4.71. The average Bonchev–Trinajstić information content (AvgIpc) is 2.49. The zero-order chi connectivity index (χ0) is 15.4. The van der Waals surface area contributed by atoms with Crippen LogP contribution in [0.15, 0.2) is 40.9 Å². The van der Waals surface area contributed by atoms with E-state index in [9.17, 15) is 4.79 Å². The van der Waals surface area contributed by atoms with E-state index in [2.05, 4.69) is 44.8 Å². The highest BCUT2D eigenvalue weighted by molar-refractivity contribution is 9.10. The lowest BCUT2D eigenvalue weighted by Crippen LogP contribution is -2.17. The van der Waals surface area contributed by atoms with Gasteiger partial charge in [-0.15, -0.1) is 0 Å². The highest BCUT2D eigenvalue weighted by Gasteiger charge is 2.07. The van der Waals surface area contributed by atoms with Crippen LogP contribution in [0.25, 0.3) is 0 Å². The molecule has 0 heterocycles. The van der Waals surface area contributed by atoms with Crippen LogP contribution < -0.4 is 10.6 Å². The molecule has 0 fully saturated rings. The van der Waals surface area contributed by atoms with Crippen molar-refractivity contribution in [3.63, 3.8) is 0 Å². The number of nitrogens with one attached hydrogen (secondary N) is 2. The standard InChI is InChI=1S/C16H16BrClN2O/c1-10-3-4-11(7-13(10)17)9-20-15-8-12(16(21)19-2)5-6-14(15)18/h3-8,20H,9H2,1-2H3,(H,19,21). The number of amides is 1. The molecule has 0 aliphatic rings. The lowest BCUT2D eigenvalue weighted by Gasteiger charge is -2.11. The number of halogens is 2. The Balaban J connectivity index is 2.15. The largest absolute Gasteiger partial charge is 0.380 e. The van der Waals surface area contributed by atoms with Crippen molar-refractivity contribution in [2.24, 2.45) is 0 Å². The molecule has 2 N–H and O–H groups in total. The zero-order valence-electron chi connectivity index (χ0n) is 11.8. The lowest BCUT2D eigenvalue weighted by molar-refractivity contribution is 0.0963. The number of rotatable bonds is 4. The minimum Gasteiger partial charge on any atom is -0.380 e. The first kappa shape index (κ1) is 15.9. The molecular formula is C16H16BrClN2O. The predicted molar refractivity (Wildman–Crippen MR) is 91.0 cm³/mol. The van der Waals surface area contributed by atoms with Crippen molar-refractivity contribution >= 4 is 39.1 Å². The molecule has 3 nitrogen and oxygen atoms in total. The Bertz CT molecular complexity index is 673. The molecule has 110 valence electrons. The second-order valence-corrected chi connectivity index (χ2v) is 5.97. The number of hydrogen-bond acceptors (Lipinski definition) is 2. The summed E-state index contributed by atoms with van der Waals surface area (Å²) >= 11 is 9.68. The van der Waals surface area contributed by atoms with Crippen molar-refractivity contribution in [3.8, 4) is 0 Å². The molecule has 2 aromatic carbocycles. The van der Waals surface area contributed by atoms with Gasteiger partial charge >= 0.3 is 0 Å². The molecular weight excluding hydrogens is 352 g/mol. The molecule has 0 aliphatic carbocycles. The molecule has 0 saturated heterocycles. The molecule has 2 rings (SSSR count). The Labute approximate surface area is 137 Å². The first-order valence-corrected chi connectivity index (χ1v) is 7.69. The number of hydrogen-bond donors (Lipinski definition) is 2. The fourth-order valence-electron chi connectivity index (χ4n) is 1.89. The Morgan fingerprint density at radius 2 is 2.00 bits per heavy atom. The third kappa shape index (κ3) is 3.99. The van der Waals surface area contributed by atoms with E-state index in [1.807, 2.05) is 6.92 Å². The Hall–Kier alpha value is -1.52. The summed E-state index contributed by atoms with van der Waals surface area (Å²) in [6, 6.07) is 11.4. The fourth-order valence-corrected chi connectivity index (χ4v) is 2.50. The highest BCUT2D eigenvalue weighted by atomic mass is 79.9.